The SMILES string of the molecule is [Ir].[c-]1ccc2c(sc3c(C45CCC(CC4)C5)cccc32)c1-c1ccccn1. The van der Waals surface area contributed by atoms with Gasteiger partial charge in [0.15, 0.2) is 0 Å². The van der Waals surface area contributed by atoms with E-state index < -0.39 is 0 Å². The molecule has 6 rings (SSSR count). The van der Waals surface area contributed by atoms with Crippen LogP contribution in [0.2, 0.25) is 0 Å². The second kappa shape index (κ2) is 6.51. The Kier molecular flexibility index (Phi) is 4.23. The van der Waals surface area contributed by atoms with Gasteiger partial charge in [-0.1, -0.05) is 35.7 Å². The van der Waals surface area contributed by atoms with E-state index in [-0.39, 0.29) is 20.1 Å². The van der Waals surface area contributed by atoms with Gasteiger partial charge in [-0.15, -0.1) is 23.8 Å². The molecule has 0 unspecified atom stereocenters. The maximum Gasteiger partial charge on any atom is 0.0277 e. The Hall–Kier alpha value is -1.54. The van der Waals surface area contributed by atoms with Gasteiger partial charge in [-0.05, 0) is 70.8 Å². The minimum absolute atomic E-state index is 0. The Bertz CT molecular complexity index is 1120. The molecule has 0 atom stereocenters. The summed E-state index contributed by atoms with van der Waals surface area (Å²) in [7, 11) is 0. The van der Waals surface area contributed by atoms with Crippen LogP contribution in [0.5, 0.6) is 0 Å². The van der Waals surface area contributed by atoms with Crippen LogP contribution in [-0.4, -0.2) is 4.98 Å². The first-order valence-electron chi connectivity index (χ1n) is 9.62. The second-order valence-corrected chi connectivity index (χ2v) is 9.04. The molecular weight excluding hydrogens is 527 g/mol. The van der Waals surface area contributed by atoms with E-state index in [0.29, 0.717) is 5.41 Å². The van der Waals surface area contributed by atoms with Gasteiger partial charge in [-0.2, -0.15) is 11.3 Å². The number of benzene rings is 2. The third-order valence-electron chi connectivity index (χ3n) is 6.69. The van der Waals surface area contributed by atoms with E-state index >= 15 is 0 Å². The minimum atomic E-state index is 0. The number of aromatic nitrogens is 1. The number of pyridine rings is 1. The van der Waals surface area contributed by atoms with Crippen LogP contribution in [0.3, 0.4) is 0 Å². The fourth-order valence-corrected chi connectivity index (χ4v) is 6.89. The summed E-state index contributed by atoms with van der Waals surface area (Å²) in [6, 6.07) is 20.9. The number of hydrogen-bond acceptors (Lipinski definition) is 2. The third-order valence-corrected chi connectivity index (χ3v) is 7.96. The van der Waals surface area contributed by atoms with E-state index in [1.54, 1.807) is 5.56 Å². The van der Waals surface area contributed by atoms with Crippen LogP contribution in [0.15, 0.2) is 54.7 Å². The van der Waals surface area contributed by atoms with Gasteiger partial charge in [0.05, 0.1) is 0 Å². The van der Waals surface area contributed by atoms with Crippen molar-refractivity contribution < 1.29 is 20.1 Å². The largest absolute Gasteiger partial charge is 0.305 e. The maximum absolute atomic E-state index is 4.58. The average Bonchev–Trinajstić information content (AvgIpc) is 3.41. The molecule has 2 saturated carbocycles. The van der Waals surface area contributed by atoms with Gasteiger partial charge in [-0.25, -0.2) is 0 Å². The summed E-state index contributed by atoms with van der Waals surface area (Å²) in [5.74, 6) is 0.969. The van der Waals surface area contributed by atoms with Crippen molar-refractivity contribution in [3.63, 3.8) is 0 Å². The Labute approximate surface area is 177 Å². The standard InChI is InChI=1S/C24H20NS.Ir/c1-2-14-25-21(9-1)19-7-3-5-17-18-6-4-8-20(23(18)26-22(17)19)24-12-10-16(15-24)11-13-24;/h1-6,8-9,14,16H,10-13,15H2;/q-1;. The molecule has 0 saturated heterocycles. The molecule has 2 aromatic carbocycles. The molecule has 0 aliphatic heterocycles. The smallest absolute Gasteiger partial charge is 0.0277 e. The number of nitrogens with zero attached hydrogens (tertiary/aromatic N) is 1. The van der Waals surface area contributed by atoms with Crippen molar-refractivity contribution in [3.8, 4) is 11.3 Å². The molecule has 137 valence electrons. The summed E-state index contributed by atoms with van der Waals surface area (Å²) in [6.45, 7) is 0. The van der Waals surface area contributed by atoms with Crippen LogP contribution < -0.4 is 0 Å². The molecule has 3 heteroatoms. The summed E-state index contributed by atoms with van der Waals surface area (Å²) in [4.78, 5) is 4.58. The van der Waals surface area contributed by atoms with Gasteiger partial charge in [0, 0.05) is 31.0 Å². The molecule has 1 radical (unpaired) electrons. The number of thiophene rings is 1. The van der Waals surface area contributed by atoms with E-state index in [1.807, 2.05) is 23.6 Å². The molecule has 0 amide bonds. The zero-order valence-electron chi connectivity index (χ0n) is 15.0. The summed E-state index contributed by atoms with van der Waals surface area (Å²) in [6.07, 6.45) is 8.88. The average molecular weight is 547 g/mol. The molecule has 2 aliphatic carbocycles. The third kappa shape index (κ3) is 2.56. The molecular formula is C24H20IrNS-. The first-order chi connectivity index (χ1) is 12.8. The minimum Gasteiger partial charge on any atom is -0.305 e. The zero-order valence-corrected chi connectivity index (χ0v) is 18.2. The van der Waals surface area contributed by atoms with Crippen molar-refractivity contribution in [3.05, 3.63) is 66.4 Å². The Morgan fingerprint density at radius 1 is 0.963 bits per heavy atom. The Balaban J connectivity index is 0.00000160. The number of rotatable bonds is 2. The molecule has 2 aliphatic rings. The summed E-state index contributed by atoms with van der Waals surface area (Å²) < 4.78 is 2.83. The zero-order chi connectivity index (χ0) is 17.1. The molecule has 27 heavy (non-hydrogen) atoms. The van der Waals surface area contributed by atoms with Crippen LogP contribution in [0, 0.1) is 12.0 Å². The van der Waals surface area contributed by atoms with Gasteiger partial charge in [0.25, 0.3) is 0 Å². The first kappa shape index (κ1) is 17.6. The second-order valence-electron chi connectivity index (χ2n) is 8.02. The van der Waals surface area contributed by atoms with Crippen molar-refractivity contribution in [2.45, 2.75) is 37.5 Å². The van der Waals surface area contributed by atoms with Gasteiger partial charge in [0.2, 0.25) is 0 Å². The van der Waals surface area contributed by atoms with Gasteiger partial charge in [-0.3, -0.25) is 0 Å². The van der Waals surface area contributed by atoms with E-state index in [0.717, 1.165) is 17.2 Å². The summed E-state index contributed by atoms with van der Waals surface area (Å²) >= 11 is 1.96. The van der Waals surface area contributed by atoms with Gasteiger partial charge < -0.3 is 4.98 Å². The predicted octanol–water partition coefficient (Wildman–Crippen LogP) is 6.75. The van der Waals surface area contributed by atoms with Crippen LogP contribution in [0.25, 0.3) is 31.4 Å². The maximum atomic E-state index is 4.58. The summed E-state index contributed by atoms with van der Waals surface area (Å²) in [5, 5.41) is 2.77. The van der Waals surface area contributed by atoms with E-state index in [4.69, 9.17) is 0 Å². The molecule has 4 aromatic rings. The topological polar surface area (TPSA) is 12.9 Å². The molecule has 2 aromatic heterocycles. The quantitative estimate of drug-likeness (QED) is 0.254. The fourth-order valence-electron chi connectivity index (χ4n) is 5.45. The van der Waals surface area contributed by atoms with Crippen molar-refractivity contribution in [2.75, 3.05) is 0 Å². The molecule has 2 fully saturated rings. The Morgan fingerprint density at radius 2 is 1.81 bits per heavy atom. The van der Waals surface area contributed by atoms with Crippen LogP contribution in [0.4, 0.5) is 0 Å². The molecule has 1 nitrogen and oxygen atoms in total. The molecule has 0 spiro atoms. The molecule has 2 heterocycles. The molecule has 2 bridgehead atoms. The van der Waals surface area contributed by atoms with Crippen molar-refractivity contribution >= 4 is 31.5 Å². The summed E-state index contributed by atoms with van der Waals surface area (Å²) in [5.41, 5.74) is 4.22. The van der Waals surface area contributed by atoms with Crippen LogP contribution in [-0.2, 0) is 25.5 Å². The van der Waals surface area contributed by atoms with E-state index in [9.17, 15) is 0 Å². The number of fused-ring (bicyclic) bond motifs is 5. The van der Waals surface area contributed by atoms with E-state index in [2.05, 4.69) is 53.5 Å². The first-order valence-corrected chi connectivity index (χ1v) is 10.4. The Morgan fingerprint density at radius 3 is 2.56 bits per heavy atom. The van der Waals surface area contributed by atoms with Gasteiger partial charge in [0.1, 0.15) is 0 Å². The monoisotopic (exact) mass is 547 g/mol. The van der Waals surface area contributed by atoms with Crippen molar-refractivity contribution in [1.29, 1.82) is 0 Å². The fraction of sp³-hybridized carbons (Fsp3) is 0.292. The van der Waals surface area contributed by atoms with Crippen molar-refractivity contribution in [1.82, 2.24) is 4.98 Å². The van der Waals surface area contributed by atoms with Crippen molar-refractivity contribution in [2.24, 2.45) is 5.92 Å². The van der Waals surface area contributed by atoms with E-state index in [1.165, 1.54) is 52.3 Å². The van der Waals surface area contributed by atoms with Crippen LogP contribution >= 0.6 is 11.3 Å². The number of hydrogen-bond donors (Lipinski definition) is 0. The van der Waals surface area contributed by atoms with Gasteiger partial charge >= 0.3 is 0 Å². The molecule has 0 N–H and O–H groups in total. The van der Waals surface area contributed by atoms with Crippen LogP contribution in [0.1, 0.15) is 37.7 Å². The normalized spacial score (nSPS) is 23.8. The predicted molar refractivity (Wildman–Crippen MR) is 110 cm³/mol.